The molecule has 6 heteroatoms. The lowest BCUT2D eigenvalue weighted by Crippen LogP contribution is -2.45. The van der Waals surface area contributed by atoms with Crippen LogP contribution < -0.4 is 15.5 Å². The molecule has 2 N–H and O–H groups in total. The van der Waals surface area contributed by atoms with Gasteiger partial charge in [0.1, 0.15) is 5.82 Å². The fraction of sp³-hybridized carbons (Fsp3) is 0.600. The van der Waals surface area contributed by atoms with Crippen molar-refractivity contribution in [3.05, 3.63) is 30.0 Å². The second-order valence-electron chi connectivity index (χ2n) is 7.31. The molecule has 0 saturated carbocycles. The molecule has 2 aliphatic rings. The summed E-state index contributed by atoms with van der Waals surface area (Å²) in [4.78, 5) is 18.7. The maximum Gasteiger partial charge on any atom is 0.319 e. The predicted molar refractivity (Wildman–Crippen MR) is 105 cm³/mol. The van der Waals surface area contributed by atoms with Crippen molar-refractivity contribution in [1.29, 1.82) is 0 Å². The van der Waals surface area contributed by atoms with E-state index in [-0.39, 0.29) is 18.2 Å². The number of urea groups is 1. The van der Waals surface area contributed by atoms with Crippen LogP contribution in [-0.2, 0) is 4.74 Å². The first-order valence-corrected chi connectivity index (χ1v) is 9.69. The smallest absolute Gasteiger partial charge is 0.319 e. The molecule has 26 heavy (non-hydrogen) atoms. The monoisotopic (exact) mass is 358 g/mol. The first kappa shape index (κ1) is 18.7. The van der Waals surface area contributed by atoms with Crippen molar-refractivity contribution in [2.24, 2.45) is 0 Å². The Labute approximate surface area is 156 Å². The number of nitrogens with one attached hydrogen (secondary N) is 2. The topological polar surface area (TPSA) is 66.5 Å². The van der Waals surface area contributed by atoms with Crippen molar-refractivity contribution in [2.75, 3.05) is 29.9 Å². The maximum absolute atomic E-state index is 12.0. The lowest BCUT2D eigenvalue weighted by molar-refractivity contribution is -0.00545. The van der Waals surface area contributed by atoms with Gasteiger partial charge < -0.3 is 20.3 Å². The van der Waals surface area contributed by atoms with Crippen LogP contribution in [0.3, 0.4) is 0 Å². The Bertz CT molecular complexity index is 619. The Hall–Kier alpha value is -2.08. The molecule has 0 radical (unpaired) electrons. The SMILES string of the molecule is C[C@@H]1CN(c2ccc(NC(=O)NCCC3=CCCCC3)cn2)C[C@H](C)O1. The average Bonchev–Trinajstić information content (AvgIpc) is 2.62. The zero-order valence-electron chi connectivity index (χ0n) is 15.8. The van der Waals surface area contributed by atoms with Crippen LogP contribution in [0.25, 0.3) is 0 Å². The third-order valence-corrected chi connectivity index (χ3v) is 4.87. The molecule has 1 aliphatic carbocycles. The lowest BCUT2D eigenvalue weighted by atomic mass is 9.97. The van der Waals surface area contributed by atoms with Crippen LogP contribution in [0, 0.1) is 0 Å². The number of morpholine rings is 1. The summed E-state index contributed by atoms with van der Waals surface area (Å²) in [7, 11) is 0. The third kappa shape index (κ3) is 5.46. The summed E-state index contributed by atoms with van der Waals surface area (Å²) < 4.78 is 5.76. The number of amides is 2. The molecule has 1 aromatic heterocycles. The van der Waals surface area contributed by atoms with Gasteiger partial charge >= 0.3 is 6.03 Å². The highest BCUT2D eigenvalue weighted by atomic mass is 16.5. The quantitative estimate of drug-likeness (QED) is 0.788. The summed E-state index contributed by atoms with van der Waals surface area (Å²) in [6.07, 6.45) is 10.3. The standard InChI is InChI=1S/C20H30N4O2/c1-15-13-24(14-16(2)26-15)19-9-8-18(12-22-19)23-20(25)21-11-10-17-6-4-3-5-7-17/h6,8-9,12,15-16H,3-5,7,10-11,13-14H2,1-2H3,(H2,21,23,25)/t15-,16+. The number of anilines is 2. The van der Waals surface area contributed by atoms with E-state index in [0.717, 1.165) is 25.3 Å². The van der Waals surface area contributed by atoms with Gasteiger partial charge in [-0.25, -0.2) is 9.78 Å². The normalized spacial score (nSPS) is 23.3. The minimum atomic E-state index is -0.176. The largest absolute Gasteiger partial charge is 0.372 e. The molecule has 3 rings (SSSR count). The van der Waals surface area contributed by atoms with Crippen LogP contribution >= 0.6 is 0 Å². The van der Waals surface area contributed by atoms with Crippen molar-refractivity contribution < 1.29 is 9.53 Å². The van der Waals surface area contributed by atoms with Crippen molar-refractivity contribution in [3.63, 3.8) is 0 Å². The zero-order valence-corrected chi connectivity index (χ0v) is 15.8. The Balaban J connectivity index is 1.44. The number of nitrogens with zero attached hydrogens (tertiary/aromatic N) is 2. The molecule has 6 nitrogen and oxygen atoms in total. The second-order valence-corrected chi connectivity index (χ2v) is 7.31. The van der Waals surface area contributed by atoms with Crippen LogP contribution in [0.15, 0.2) is 30.0 Å². The maximum atomic E-state index is 12.0. The summed E-state index contributed by atoms with van der Waals surface area (Å²) in [5.41, 5.74) is 2.18. The van der Waals surface area contributed by atoms with Gasteiger partial charge in [0.15, 0.2) is 0 Å². The minimum Gasteiger partial charge on any atom is -0.372 e. The summed E-state index contributed by atoms with van der Waals surface area (Å²) in [5, 5.41) is 5.77. The molecule has 0 aromatic carbocycles. The van der Waals surface area contributed by atoms with Gasteiger partial charge in [0.05, 0.1) is 24.1 Å². The zero-order chi connectivity index (χ0) is 18.4. The van der Waals surface area contributed by atoms with Crippen LogP contribution in [0.1, 0.15) is 46.0 Å². The molecule has 0 unspecified atom stereocenters. The number of ether oxygens (including phenoxy) is 1. The highest BCUT2D eigenvalue weighted by molar-refractivity contribution is 5.89. The second kappa shape index (κ2) is 9.03. The number of rotatable bonds is 5. The van der Waals surface area contributed by atoms with Crippen LogP contribution in [0.4, 0.5) is 16.3 Å². The molecule has 2 amide bonds. The molecular weight excluding hydrogens is 328 g/mol. The number of hydrogen-bond donors (Lipinski definition) is 2. The van der Waals surface area contributed by atoms with E-state index in [1.807, 2.05) is 12.1 Å². The van der Waals surface area contributed by atoms with Gasteiger partial charge in [0.2, 0.25) is 0 Å². The Kier molecular flexibility index (Phi) is 6.50. The predicted octanol–water partition coefficient (Wildman–Crippen LogP) is 3.71. The minimum absolute atomic E-state index is 0.176. The van der Waals surface area contributed by atoms with E-state index in [2.05, 4.69) is 40.4 Å². The fourth-order valence-electron chi connectivity index (χ4n) is 3.66. The fourth-order valence-corrected chi connectivity index (χ4v) is 3.66. The van der Waals surface area contributed by atoms with E-state index >= 15 is 0 Å². The van der Waals surface area contributed by atoms with Crippen LogP contribution in [0.2, 0.25) is 0 Å². The molecule has 1 saturated heterocycles. The van der Waals surface area contributed by atoms with E-state index in [1.165, 1.54) is 31.3 Å². The van der Waals surface area contributed by atoms with Gasteiger partial charge in [-0.15, -0.1) is 0 Å². The molecule has 2 atom stereocenters. The summed E-state index contributed by atoms with van der Waals surface area (Å²) in [6.45, 7) is 6.49. The molecule has 2 heterocycles. The first-order chi connectivity index (χ1) is 12.6. The number of carbonyl (C=O) groups excluding carboxylic acids is 1. The highest BCUT2D eigenvalue weighted by Crippen LogP contribution is 2.20. The molecule has 142 valence electrons. The van der Waals surface area contributed by atoms with Gasteiger partial charge in [-0.05, 0) is 58.1 Å². The molecule has 0 bridgehead atoms. The molecular formula is C20H30N4O2. The molecule has 1 aliphatic heterocycles. The Morgan fingerprint density at radius 1 is 1.27 bits per heavy atom. The Morgan fingerprint density at radius 3 is 2.73 bits per heavy atom. The van der Waals surface area contributed by atoms with E-state index in [9.17, 15) is 4.79 Å². The van der Waals surface area contributed by atoms with Crippen LogP contribution in [0.5, 0.6) is 0 Å². The molecule has 0 spiro atoms. The van der Waals surface area contributed by atoms with Gasteiger partial charge in [-0.1, -0.05) is 11.6 Å². The number of pyridine rings is 1. The van der Waals surface area contributed by atoms with E-state index in [1.54, 1.807) is 6.20 Å². The third-order valence-electron chi connectivity index (χ3n) is 4.87. The van der Waals surface area contributed by atoms with Gasteiger partial charge in [0, 0.05) is 19.6 Å². The van der Waals surface area contributed by atoms with Crippen molar-refractivity contribution in [1.82, 2.24) is 10.3 Å². The first-order valence-electron chi connectivity index (χ1n) is 9.69. The number of allylic oxidation sites excluding steroid dienone is 1. The number of aromatic nitrogens is 1. The van der Waals surface area contributed by atoms with Gasteiger partial charge in [0.25, 0.3) is 0 Å². The van der Waals surface area contributed by atoms with E-state index in [4.69, 9.17) is 4.74 Å². The van der Waals surface area contributed by atoms with E-state index in [0.29, 0.717) is 12.2 Å². The van der Waals surface area contributed by atoms with Gasteiger partial charge in [-0.3, -0.25) is 0 Å². The van der Waals surface area contributed by atoms with Crippen LogP contribution in [-0.4, -0.2) is 42.9 Å². The number of carbonyl (C=O) groups is 1. The van der Waals surface area contributed by atoms with Crippen molar-refractivity contribution in [2.45, 2.75) is 58.2 Å². The average molecular weight is 358 g/mol. The summed E-state index contributed by atoms with van der Waals surface area (Å²) >= 11 is 0. The number of hydrogen-bond acceptors (Lipinski definition) is 4. The Morgan fingerprint density at radius 2 is 2.08 bits per heavy atom. The van der Waals surface area contributed by atoms with Crippen molar-refractivity contribution >= 4 is 17.5 Å². The van der Waals surface area contributed by atoms with Gasteiger partial charge in [-0.2, -0.15) is 0 Å². The molecule has 1 fully saturated rings. The highest BCUT2D eigenvalue weighted by Gasteiger charge is 2.23. The lowest BCUT2D eigenvalue weighted by Gasteiger charge is -2.36. The molecule has 1 aromatic rings. The van der Waals surface area contributed by atoms with E-state index < -0.39 is 0 Å². The summed E-state index contributed by atoms with van der Waals surface area (Å²) in [6, 6.07) is 3.67. The van der Waals surface area contributed by atoms with Crippen molar-refractivity contribution in [3.8, 4) is 0 Å². The summed E-state index contributed by atoms with van der Waals surface area (Å²) in [5.74, 6) is 0.919.